The Hall–Kier alpha value is -2.31. The van der Waals surface area contributed by atoms with E-state index < -0.39 is 0 Å². The number of ether oxygens (including phenoxy) is 1. The predicted molar refractivity (Wildman–Crippen MR) is 78.2 cm³/mol. The topological polar surface area (TPSA) is 76.9 Å². The van der Waals surface area contributed by atoms with E-state index in [4.69, 9.17) is 4.74 Å². The van der Waals surface area contributed by atoms with Crippen molar-refractivity contribution >= 4 is 11.6 Å². The molecule has 0 radical (unpaired) electrons. The van der Waals surface area contributed by atoms with E-state index in [0.717, 1.165) is 18.7 Å². The fourth-order valence-electron chi connectivity index (χ4n) is 1.86. The zero-order chi connectivity index (χ0) is 14.4. The SMILES string of the molecule is CCNc1ncnc(NCCn2cc(C)cn2)c1OC. The van der Waals surface area contributed by atoms with Crippen LogP contribution in [0.4, 0.5) is 11.6 Å². The maximum Gasteiger partial charge on any atom is 0.204 e. The van der Waals surface area contributed by atoms with Gasteiger partial charge in [0.1, 0.15) is 6.33 Å². The van der Waals surface area contributed by atoms with Crippen LogP contribution >= 0.6 is 0 Å². The molecule has 0 saturated heterocycles. The molecule has 20 heavy (non-hydrogen) atoms. The van der Waals surface area contributed by atoms with Gasteiger partial charge in [0.05, 0.1) is 19.9 Å². The number of methoxy groups -OCH3 is 1. The van der Waals surface area contributed by atoms with Gasteiger partial charge in [-0.05, 0) is 19.4 Å². The summed E-state index contributed by atoms with van der Waals surface area (Å²) in [6.45, 7) is 6.28. The molecule has 0 amide bonds. The van der Waals surface area contributed by atoms with E-state index in [1.54, 1.807) is 7.11 Å². The molecule has 2 heterocycles. The lowest BCUT2D eigenvalue weighted by Crippen LogP contribution is -2.13. The molecule has 0 aliphatic carbocycles. The minimum Gasteiger partial charge on any atom is -0.490 e. The van der Waals surface area contributed by atoms with Crippen LogP contribution in [0.2, 0.25) is 0 Å². The highest BCUT2D eigenvalue weighted by Crippen LogP contribution is 2.28. The van der Waals surface area contributed by atoms with Gasteiger partial charge < -0.3 is 15.4 Å². The lowest BCUT2D eigenvalue weighted by Gasteiger charge is -2.13. The van der Waals surface area contributed by atoms with Crippen molar-refractivity contribution in [1.82, 2.24) is 19.7 Å². The van der Waals surface area contributed by atoms with Crippen molar-refractivity contribution in [2.75, 3.05) is 30.8 Å². The molecule has 2 rings (SSSR count). The van der Waals surface area contributed by atoms with Gasteiger partial charge in [0.15, 0.2) is 11.6 Å². The van der Waals surface area contributed by atoms with Crippen molar-refractivity contribution in [2.45, 2.75) is 20.4 Å². The molecule has 7 nitrogen and oxygen atoms in total. The fourth-order valence-corrected chi connectivity index (χ4v) is 1.86. The Morgan fingerprint density at radius 1 is 1.25 bits per heavy atom. The summed E-state index contributed by atoms with van der Waals surface area (Å²) in [4.78, 5) is 8.38. The number of nitrogens with zero attached hydrogens (tertiary/aromatic N) is 4. The standard InChI is InChI=1S/C13H20N6O/c1-4-14-12-11(20-3)13(17-9-16-12)15-5-6-19-8-10(2)7-18-19/h7-9H,4-6H2,1-3H3,(H2,14,15,16,17). The van der Waals surface area contributed by atoms with Crippen LogP contribution in [0.15, 0.2) is 18.7 Å². The van der Waals surface area contributed by atoms with E-state index >= 15 is 0 Å². The van der Waals surface area contributed by atoms with Crippen LogP contribution in [-0.4, -0.2) is 39.9 Å². The minimum absolute atomic E-state index is 0.631. The largest absolute Gasteiger partial charge is 0.490 e. The lowest BCUT2D eigenvalue weighted by atomic mass is 10.4. The normalized spacial score (nSPS) is 10.3. The number of nitrogens with one attached hydrogen (secondary N) is 2. The summed E-state index contributed by atoms with van der Waals surface area (Å²) in [6.07, 6.45) is 5.36. The van der Waals surface area contributed by atoms with E-state index in [-0.39, 0.29) is 0 Å². The van der Waals surface area contributed by atoms with Gasteiger partial charge in [0.2, 0.25) is 5.75 Å². The number of hydrogen-bond donors (Lipinski definition) is 2. The molecule has 0 spiro atoms. The van der Waals surface area contributed by atoms with Crippen molar-refractivity contribution in [3.63, 3.8) is 0 Å². The summed E-state index contributed by atoms with van der Waals surface area (Å²) in [5.41, 5.74) is 1.15. The fraction of sp³-hybridized carbons (Fsp3) is 0.462. The van der Waals surface area contributed by atoms with E-state index in [9.17, 15) is 0 Å². The molecule has 108 valence electrons. The molecule has 7 heteroatoms. The van der Waals surface area contributed by atoms with Gasteiger partial charge >= 0.3 is 0 Å². The van der Waals surface area contributed by atoms with Gasteiger partial charge in [-0.15, -0.1) is 0 Å². The summed E-state index contributed by atoms with van der Waals surface area (Å²) in [7, 11) is 1.61. The zero-order valence-corrected chi connectivity index (χ0v) is 12.1. The van der Waals surface area contributed by atoms with E-state index in [0.29, 0.717) is 23.9 Å². The average Bonchev–Trinajstić information content (AvgIpc) is 2.85. The summed E-state index contributed by atoms with van der Waals surface area (Å²) in [5, 5.41) is 10.6. The highest BCUT2D eigenvalue weighted by molar-refractivity contribution is 5.63. The van der Waals surface area contributed by atoms with Crippen LogP contribution in [0, 0.1) is 6.92 Å². The van der Waals surface area contributed by atoms with Crippen LogP contribution in [0.25, 0.3) is 0 Å². The van der Waals surface area contributed by atoms with Gasteiger partial charge in [-0.25, -0.2) is 9.97 Å². The van der Waals surface area contributed by atoms with Gasteiger partial charge in [-0.2, -0.15) is 5.10 Å². The number of aryl methyl sites for hydroxylation is 1. The first-order valence-corrected chi connectivity index (χ1v) is 6.60. The predicted octanol–water partition coefficient (Wildman–Crippen LogP) is 1.53. The monoisotopic (exact) mass is 276 g/mol. The molecule has 0 aromatic carbocycles. The second-order valence-corrected chi connectivity index (χ2v) is 4.34. The van der Waals surface area contributed by atoms with Crippen molar-refractivity contribution in [3.05, 3.63) is 24.3 Å². The average molecular weight is 276 g/mol. The Kier molecular flexibility index (Phi) is 4.75. The first kappa shape index (κ1) is 14.1. The molecule has 0 atom stereocenters. The third-order valence-corrected chi connectivity index (χ3v) is 2.75. The van der Waals surface area contributed by atoms with E-state index in [1.165, 1.54) is 6.33 Å². The molecule has 0 saturated carbocycles. The quantitative estimate of drug-likeness (QED) is 0.798. The van der Waals surface area contributed by atoms with Crippen molar-refractivity contribution in [1.29, 1.82) is 0 Å². The van der Waals surface area contributed by atoms with Crippen LogP contribution in [-0.2, 0) is 6.54 Å². The van der Waals surface area contributed by atoms with Gasteiger partial charge in [0, 0.05) is 19.3 Å². The van der Waals surface area contributed by atoms with E-state index in [1.807, 2.05) is 30.9 Å². The molecule has 2 aromatic rings. The van der Waals surface area contributed by atoms with Crippen molar-refractivity contribution in [2.24, 2.45) is 0 Å². The first-order chi connectivity index (χ1) is 9.74. The number of hydrogen-bond acceptors (Lipinski definition) is 6. The van der Waals surface area contributed by atoms with Gasteiger partial charge in [-0.3, -0.25) is 4.68 Å². The summed E-state index contributed by atoms with van der Waals surface area (Å²) in [5.74, 6) is 2.01. The maximum absolute atomic E-state index is 5.36. The number of rotatable bonds is 7. The molecule has 2 N–H and O–H groups in total. The van der Waals surface area contributed by atoms with Crippen molar-refractivity contribution in [3.8, 4) is 5.75 Å². The van der Waals surface area contributed by atoms with Crippen molar-refractivity contribution < 1.29 is 4.74 Å². The second-order valence-electron chi connectivity index (χ2n) is 4.34. The molecular weight excluding hydrogens is 256 g/mol. The molecule has 0 unspecified atom stereocenters. The van der Waals surface area contributed by atoms with Gasteiger partial charge in [-0.1, -0.05) is 0 Å². The third-order valence-electron chi connectivity index (χ3n) is 2.75. The van der Waals surface area contributed by atoms with E-state index in [2.05, 4.69) is 25.7 Å². The van der Waals surface area contributed by atoms with Crippen LogP contribution in [0.3, 0.4) is 0 Å². The molecular formula is C13H20N6O. The Balaban J connectivity index is 1.99. The second kappa shape index (κ2) is 6.74. The Bertz CT molecular complexity index is 554. The molecule has 0 bridgehead atoms. The highest BCUT2D eigenvalue weighted by atomic mass is 16.5. The lowest BCUT2D eigenvalue weighted by molar-refractivity contribution is 0.414. The van der Waals surface area contributed by atoms with Gasteiger partial charge in [0.25, 0.3) is 0 Å². The Labute approximate surface area is 118 Å². The minimum atomic E-state index is 0.631. The maximum atomic E-state index is 5.36. The Morgan fingerprint density at radius 3 is 2.60 bits per heavy atom. The summed E-state index contributed by atoms with van der Waals surface area (Å²) < 4.78 is 7.25. The first-order valence-electron chi connectivity index (χ1n) is 6.60. The summed E-state index contributed by atoms with van der Waals surface area (Å²) >= 11 is 0. The highest BCUT2D eigenvalue weighted by Gasteiger charge is 2.10. The molecule has 0 aliphatic rings. The van der Waals surface area contributed by atoms with Crippen LogP contribution < -0.4 is 15.4 Å². The molecule has 2 aromatic heterocycles. The summed E-state index contributed by atoms with van der Waals surface area (Å²) in [6, 6.07) is 0. The third kappa shape index (κ3) is 3.37. The Morgan fingerprint density at radius 2 is 2.00 bits per heavy atom. The van der Waals surface area contributed by atoms with Crippen LogP contribution in [0.1, 0.15) is 12.5 Å². The van der Waals surface area contributed by atoms with Crippen LogP contribution in [0.5, 0.6) is 5.75 Å². The number of anilines is 2. The molecule has 0 fully saturated rings. The smallest absolute Gasteiger partial charge is 0.204 e. The molecule has 0 aliphatic heterocycles. The number of aromatic nitrogens is 4. The zero-order valence-electron chi connectivity index (χ0n) is 12.1.